The lowest BCUT2D eigenvalue weighted by Gasteiger charge is -2.64. The second-order valence-electron chi connectivity index (χ2n) is 17.9. The number of rotatable bonds is 5. The molecule has 250 valence electrons. The summed E-state index contributed by atoms with van der Waals surface area (Å²) in [6.45, 7) is 19.2. The van der Waals surface area contributed by atoms with E-state index < -0.39 is 29.9 Å². The van der Waals surface area contributed by atoms with Crippen molar-refractivity contribution in [1.82, 2.24) is 5.32 Å². The highest BCUT2D eigenvalue weighted by Crippen LogP contribution is 2.89. The van der Waals surface area contributed by atoms with Gasteiger partial charge in [0.1, 0.15) is 0 Å². The molecule has 2 heterocycles. The Bertz CT molecular complexity index is 1150. The highest BCUT2D eigenvalue weighted by molar-refractivity contribution is 5.66. The van der Waals surface area contributed by atoms with Crippen LogP contribution in [-0.4, -0.2) is 78.3 Å². The smallest absolute Gasteiger partial charge is 0.303 e. The molecular weight excluding hydrogens is 558 g/mol. The lowest BCUT2D eigenvalue weighted by Crippen LogP contribution is -2.60. The maximum Gasteiger partial charge on any atom is 0.303 e. The van der Waals surface area contributed by atoms with Crippen molar-refractivity contribution < 1.29 is 34.0 Å². The number of ether oxygens (including phenoxy) is 4. The molecule has 8 heteroatoms. The van der Waals surface area contributed by atoms with Crippen molar-refractivity contribution in [3.05, 3.63) is 0 Å². The number of hydrogen-bond acceptors (Lipinski definition) is 8. The third-order valence-corrected chi connectivity index (χ3v) is 15.3. The van der Waals surface area contributed by atoms with Crippen LogP contribution in [0.25, 0.3) is 0 Å². The Morgan fingerprint density at radius 3 is 2.41 bits per heavy atom. The number of hydrogen-bond donors (Lipinski definition) is 3. The maximum absolute atomic E-state index is 12.5. The monoisotopic (exact) mass is 617 g/mol. The molecule has 0 bridgehead atoms. The lowest BCUT2D eigenvalue weighted by atomic mass is 9.41. The summed E-state index contributed by atoms with van der Waals surface area (Å²) in [6.07, 6.45) is 6.87. The molecule has 7 rings (SSSR count). The summed E-state index contributed by atoms with van der Waals surface area (Å²) < 4.78 is 25.2. The van der Waals surface area contributed by atoms with Crippen LogP contribution in [0.2, 0.25) is 0 Å². The summed E-state index contributed by atoms with van der Waals surface area (Å²) in [7, 11) is 0. The number of esters is 1. The molecule has 2 aliphatic heterocycles. The minimum absolute atomic E-state index is 0.0409. The summed E-state index contributed by atoms with van der Waals surface area (Å²) in [5.41, 5.74) is -0.862. The number of nitrogens with one attached hydrogen (secondary N) is 1. The fourth-order valence-electron chi connectivity index (χ4n) is 13.4. The van der Waals surface area contributed by atoms with E-state index in [1.54, 1.807) is 13.8 Å². The van der Waals surface area contributed by atoms with Gasteiger partial charge in [0, 0.05) is 25.4 Å². The minimum atomic E-state index is -1.25. The third-order valence-electron chi connectivity index (χ3n) is 15.3. The van der Waals surface area contributed by atoms with Crippen molar-refractivity contribution in [2.75, 3.05) is 19.7 Å². The van der Waals surface area contributed by atoms with Crippen LogP contribution >= 0.6 is 0 Å². The minimum Gasteiger partial charge on any atom is -0.457 e. The Kier molecular flexibility index (Phi) is 7.32. The zero-order valence-electron chi connectivity index (χ0n) is 28.5. The largest absolute Gasteiger partial charge is 0.457 e. The van der Waals surface area contributed by atoms with Gasteiger partial charge in [0.25, 0.3) is 0 Å². The van der Waals surface area contributed by atoms with Gasteiger partial charge in [-0.25, -0.2) is 0 Å². The SMILES string of the molecule is CC(=O)O[C@@H](C1C[C@@H](C)[C@H]2C(O1)[C@H](O)[C@@]1(C)C3CCC4C(C)(C)[C@@H](O[C@H]5CNCCO5)CC[C@@]45CC35CC[C@]21C)C(C)(C)O. The summed E-state index contributed by atoms with van der Waals surface area (Å²) in [5, 5.41) is 26.9. The zero-order chi connectivity index (χ0) is 31.7. The van der Waals surface area contributed by atoms with Crippen LogP contribution in [0.4, 0.5) is 0 Å². The zero-order valence-corrected chi connectivity index (χ0v) is 28.5. The normalized spacial score (nSPS) is 53.3. The molecule has 0 amide bonds. The summed E-state index contributed by atoms with van der Waals surface area (Å²) in [4.78, 5) is 12.0. The Balaban J connectivity index is 1.16. The molecule has 0 radical (unpaired) electrons. The van der Waals surface area contributed by atoms with Crippen LogP contribution in [0.15, 0.2) is 0 Å². The van der Waals surface area contributed by atoms with E-state index in [2.05, 4.69) is 39.9 Å². The molecule has 5 saturated carbocycles. The topological polar surface area (TPSA) is 106 Å². The molecule has 14 atom stereocenters. The highest BCUT2D eigenvalue weighted by Gasteiger charge is 2.84. The van der Waals surface area contributed by atoms with Gasteiger partial charge >= 0.3 is 5.97 Å². The van der Waals surface area contributed by atoms with Gasteiger partial charge in [-0.2, -0.15) is 0 Å². The van der Waals surface area contributed by atoms with E-state index in [0.29, 0.717) is 30.3 Å². The molecule has 2 spiro atoms. The third kappa shape index (κ3) is 4.12. The molecule has 0 aromatic heterocycles. The molecular formula is C36H59NO7. The van der Waals surface area contributed by atoms with Gasteiger partial charge in [-0.05, 0) is 111 Å². The van der Waals surface area contributed by atoms with Gasteiger partial charge in [0.05, 0.1) is 36.6 Å². The first-order valence-electron chi connectivity index (χ1n) is 17.7. The molecule has 8 nitrogen and oxygen atoms in total. The second kappa shape index (κ2) is 10.1. The predicted molar refractivity (Wildman–Crippen MR) is 165 cm³/mol. The predicted octanol–water partition coefficient (Wildman–Crippen LogP) is 4.83. The number of carbonyl (C=O) groups excluding carboxylic acids is 1. The summed E-state index contributed by atoms with van der Waals surface area (Å²) in [5.74, 6) is 1.16. The van der Waals surface area contributed by atoms with Crippen molar-refractivity contribution in [2.45, 2.75) is 149 Å². The highest BCUT2D eigenvalue weighted by atomic mass is 16.7. The van der Waals surface area contributed by atoms with E-state index in [1.165, 1.54) is 32.6 Å². The van der Waals surface area contributed by atoms with E-state index in [-0.39, 0.29) is 52.0 Å². The fraction of sp³-hybridized carbons (Fsp3) is 0.972. The molecule has 0 aromatic rings. The molecule has 7 aliphatic rings. The van der Waals surface area contributed by atoms with Gasteiger partial charge in [-0.1, -0.05) is 34.6 Å². The van der Waals surface area contributed by atoms with Gasteiger partial charge in [-0.3, -0.25) is 4.79 Å². The Hall–Kier alpha value is -0.770. The maximum atomic E-state index is 12.5. The van der Waals surface area contributed by atoms with Crippen LogP contribution in [0, 0.1) is 50.7 Å². The van der Waals surface area contributed by atoms with Crippen LogP contribution in [0.5, 0.6) is 0 Å². The standard InChI is InChI=1S/C36H59NO7/c1-20-17-22(30(32(5,6)40)42-21(2)38)43-28-27(20)33(7)13-14-36-19-35(36)12-11-25(44-26-18-37-15-16-41-26)31(3,4)23(35)9-10-24(36)34(33,8)29(28)39/h20,22-30,37,39-40H,9-19H2,1-8H3/t20-,22?,23?,24?,25+,26+,27+,28?,29+,30+,33-,34-,35-,36?/m1/s1. The average molecular weight is 618 g/mol. The first-order valence-corrected chi connectivity index (χ1v) is 17.7. The van der Waals surface area contributed by atoms with Crippen molar-refractivity contribution in [3.8, 4) is 0 Å². The van der Waals surface area contributed by atoms with E-state index in [9.17, 15) is 15.0 Å². The molecule has 0 aromatic carbocycles. The Morgan fingerprint density at radius 2 is 1.75 bits per heavy atom. The first kappa shape index (κ1) is 31.8. The molecule has 5 unspecified atom stereocenters. The molecule has 7 fully saturated rings. The van der Waals surface area contributed by atoms with Gasteiger partial charge in [0.15, 0.2) is 12.4 Å². The quantitative estimate of drug-likeness (QED) is 0.377. The van der Waals surface area contributed by atoms with Crippen molar-refractivity contribution >= 4 is 5.97 Å². The molecule has 5 aliphatic carbocycles. The first-order chi connectivity index (χ1) is 20.5. The number of carbonyl (C=O) groups is 1. The molecule has 3 N–H and O–H groups in total. The fourth-order valence-corrected chi connectivity index (χ4v) is 13.4. The summed E-state index contributed by atoms with van der Waals surface area (Å²) in [6, 6.07) is 0. The van der Waals surface area contributed by atoms with Crippen LogP contribution in [0.1, 0.15) is 107 Å². The van der Waals surface area contributed by atoms with Gasteiger partial charge < -0.3 is 34.5 Å². The average Bonchev–Trinajstić information content (AvgIpc) is 3.58. The van der Waals surface area contributed by atoms with Crippen molar-refractivity contribution in [3.63, 3.8) is 0 Å². The molecule has 44 heavy (non-hydrogen) atoms. The number of fused-ring (bicyclic) bond motifs is 4. The summed E-state index contributed by atoms with van der Waals surface area (Å²) >= 11 is 0. The van der Waals surface area contributed by atoms with E-state index in [0.717, 1.165) is 32.4 Å². The van der Waals surface area contributed by atoms with Crippen molar-refractivity contribution in [1.29, 1.82) is 0 Å². The van der Waals surface area contributed by atoms with Crippen LogP contribution < -0.4 is 5.32 Å². The second-order valence-corrected chi connectivity index (χ2v) is 17.9. The van der Waals surface area contributed by atoms with Gasteiger partial charge in [0.2, 0.25) is 0 Å². The number of aliphatic hydroxyl groups excluding tert-OH is 1. The number of morpholine rings is 1. The van der Waals surface area contributed by atoms with Gasteiger partial charge in [-0.15, -0.1) is 0 Å². The van der Waals surface area contributed by atoms with E-state index in [1.807, 2.05) is 0 Å². The number of aliphatic hydroxyl groups is 2. The molecule has 2 saturated heterocycles. The lowest BCUT2D eigenvalue weighted by molar-refractivity contribution is -0.237. The van der Waals surface area contributed by atoms with E-state index in [4.69, 9.17) is 18.9 Å². The van der Waals surface area contributed by atoms with Crippen LogP contribution in [0.3, 0.4) is 0 Å². The van der Waals surface area contributed by atoms with Crippen molar-refractivity contribution in [2.24, 2.45) is 50.7 Å². The Labute approximate surface area is 264 Å². The van der Waals surface area contributed by atoms with Crippen LogP contribution in [-0.2, 0) is 23.7 Å². The Morgan fingerprint density at radius 1 is 1.05 bits per heavy atom. The van der Waals surface area contributed by atoms with E-state index >= 15 is 0 Å².